The number of aryl methyl sites for hydroxylation is 2. The summed E-state index contributed by atoms with van der Waals surface area (Å²) in [5.74, 6) is -0.0849. The van der Waals surface area contributed by atoms with Gasteiger partial charge in [0.1, 0.15) is 11.5 Å². The molecule has 0 radical (unpaired) electrons. The van der Waals surface area contributed by atoms with E-state index >= 15 is 0 Å². The van der Waals surface area contributed by atoms with E-state index < -0.39 is 35.0 Å². The molecule has 2 aromatic rings. The molecule has 152 valence electrons. The maximum absolute atomic E-state index is 12.8. The number of nitrogens with zero attached hydrogens (tertiary/aromatic N) is 4. The first-order valence-corrected chi connectivity index (χ1v) is 9.18. The number of aromatic nitrogens is 4. The summed E-state index contributed by atoms with van der Waals surface area (Å²) in [7, 11) is -2.24. The first-order chi connectivity index (χ1) is 12.3. The molecule has 2 aromatic heterocycles. The normalized spacial score (nSPS) is 13.0. The van der Waals surface area contributed by atoms with Crippen LogP contribution in [0.25, 0.3) is 0 Å². The second-order valence-electron chi connectivity index (χ2n) is 6.40. The highest BCUT2D eigenvalue weighted by Gasteiger charge is 2.48. The van der Waals surface area contributed by atoms with Crippen molar-refractivity contribution in [2.24, 2.45) is 12.5 Å². The molecule has 0 fully saturated rings. The monoisotopic (exact) mass is 411 g/mol. The largest absolute Gasteiger partial charge is 0.476 e. The Morgan fingerprint density at radius 1 is 1.26 bits per heavy atom. The molecular weight excluding hydrogens is 391 g/mol. The fraction of sp³-hybridized carbons (Fsp3) is 0.571. The molecule has 0 bridgehead atoms. The van der Waals surface area contributed by atoms with Gasteiger partial charge < -0.3 is 9.57 Å². The predicted octanol–water partition coefficient (Wildman–Crippen LogP) is 1.26. The van der Waals surface area contributed by atoms with Crippen LogP contribution in [0, 0.1) is 12.3 Å². The average Bonchev–Trinajstić information content (AvgIpc) is 3.10. The molecule has 0 aromatic carbocycles. The lowest BCUT2D eigenvalue weighted by atomic mass is 9.94. The van der Waals surface area contributed by atoms with Gasteiger partial charge in [-0.15, -0.1) is 4.85 Å². The minimum atomic E-state index is -4.42. The summed E-state index contributed by atoms with van der Waals surface area (Å²) in [5.41, 5.74) is -1.72. The molecule has 0 saturated heterocycles. The molecule has 0 atom stereocenters. The van der Waals surface area contributed by atoms with Crippen LogP contribution in [-0.4, -0.2) is 47.7 Å². The molecule has 0 aliphatic rings. The third-order valence-electron chi connectivity index (χ3n) is 3.59. The number of sulfonamides is 1. The van der Waals surface area contributed by atoms with Gasteiger partial charge in [-0.2, -0.15) is 23.0 Å². The summed E-state index contributed by atoms with van der Waals surface area (Å²) in [6.45, 7) is 2.49. The van der Waals surface area contributed by atoms with Crippen LogP contribution in [0.5, 0.6) is 5.88 Å². The maximum atomic E-state index is 12.8. The lowest BCUT2D eigenvalue weighted by Crippen LogP contribution is -2.37. The van der Waals surface area contributed by atoms with Crippen LogP contribution in [0.3, 0.4) is 0 Å². The van der Waals surface area contributed by atoms with E-state index in [1.165, 1.54) is 23.1 Å². The lowest BCUT2D eigenvalue weighted by molar-refractivity contribution is -0.219. The maximum Gasteiger partial charge on any atom is 0.397 e. The van der Waals surface area contributed by atoms with E-state index in [-0.39, 0.29) is 10.8 Å². The molecule has 0 aliphatic heterocycles. The molecule has 2 heterocycles. The lowest BCUT2D eigenvalue weighted by Gasteiger charge is -2.26. The minimum Gasteiger partial charge on any atom is -0.476 e. The summed E-state index contributed by atoms with van der Waals surface area (Å²) in [4.78, 5) is 5.97. The van der Waals surface area contributed by atoms with Crippen LogP contribution < -0.4 is 14.3 Å². The smallest absolute Gasteiger partial charge is 0.397 e. The van der Waals surface area contributed by atoms with Gasteiger partial charge in [-0.3, -0.25) is 4.68 Å². The van der Waals surface area contributed by atoms with E-state index in [9.17, 15) is 21.6 Å². The summed E-state index contributed by atoms with van der Waals surface area (Å²) in [6, 6.07) is 1.30. The fourth-order valence-electron chi connectivity index (χ4n) is 1.87. The van der Waals surface area contributed by atoms with Crippen molar-refractivity contribution in [2.75, 3.05) is 13.3 Å². The summed E-state index contributed by atoms with van der Waals surface area (Å²) in [6.07, 6.45) is -1.80. The van der Waals surface area contributed by atoms with E-state index in [1.54, 1.807) is 14.0 Å². The first-order valence-electron chi connectivity index (χ1n) is 7.70. The van der Waals surface area contributed by atoms with Crippen LogP contribution in [-0.2, 0) is 17.1 Å². The van der Waals surface area contributed by atoms with Gasteiger partial charge in [0.15, 0.2) is 6.73 Å². The number of hydrogen-bond donors (Lipinski definition) is 1. The highest BCUT2D eigenvalue weighted by molar-refractivity contribution is 7.89. The number of alkyl halides is 3. The zero-order chi connectivity index (χ0) is 20.5. The van der Waals surface area contributed by atoms with Crippen LogP contribution in [0.4, 0.5) is 13.2 Å². The van der Waals surface area contributed by atoms with Crippen LogP contribution in [0.15, 0.2) is 23.4 Å². The molecule has 9 nitrogen and oxygen atoms in total. The van der Waals surface area contributed by atoms with Crippen molar-refractivity contribution in [2.45, 2.75) is 31.8 Å². The Morgan fingerprint density at radius 2 is 1.93 bits per heavy atom. The van der Waals surface area contributed by atoms with E-state index in [0.717, 1.165) is 18.7 Å². The Morgan fingerprint density at radius 3 is 2.48 bits per heavy atom. The van der Waals surface area contributed by atoms with Gasteiger partial charge in [-0.25, -0.2) is 8.42 Å². The summed E-state index contributed by atoms with van der Waals surface area (Å²) < 4.78 is 71.3. The molecule has 27 heavy (non-hydrogen) atoms. The zero-order valence-corrected chi connectivity index (χ0v) is 15.9. The van der Waals surface area contributed by atoms with Gasteiger partial charge >= 0.3 is 6.18 Å². The molecule has 1 N–H and O–H groups in total. The van der Waals surface area contributed by atoms with Gasteiger partial charge in [0.2, 0.25) is 15.9 Å². The second-order valence-corrected chi connectivity index (χ2v) is 8.14. The molecule has 0 unspecified atom stereocenters. The van der Waals surface area contributed by atoms with Gasteiger partial charge in [-0.05, 0) is 20.8 Å². The predicted molar refractivity (Wildman–Crippen MR) is 87.3 cm³/mol. The topological polar surface area (TPSA) is 100 Å². The quantitative estimate of drug-likeness (QED) is 0.657. The molecular formula is C14H20F3N5O4S. The van der Waals surface area contributed by atoms with E-state index in [0.29, 0.717) is 5.69 Å². The van der Waals surface area contributed by atoms with Crippen LogP contribution >= 0.6 is 0 Å². The zero-order valence-electron chi connectivity index (χ0n) is 15.1. The fourth-order valence-corrected chi connectivity index (χ4v) is 2.95. The van der Waals surface area contributed by atoms with Gasteiger partial charge in [0.05, 0.1) is 17.3 Å². The third kappa shape index (κ3) is 5.13. The van der Waals surface area contributed by atoms with Crippen molar-refractivity contribution in [3.8, 4) is 5.88 Å². The Bertz CT molecular complexity index is 889. The number of nitrogens with one attached hydrogen (secondary N) is 1. The third-order valence-corrected chi connectivity index (χ3v) is 5.07. The highest BCUT2D eigenvalue weighted by Crippen LogP contribution is 2.37. The van der Waals surface area contributed by atoms with E-state index in [1.807, 2.05) is 0 Å². The molecule has 0 spiro atoms. The molecule has 13 heteroatoms. The van der Waals surface area contributed by atoms with Crippen molar-refractivity contribution < 1.29 is 31.2 Å². The Balaban J connectivity index is 1.89. The Hall–Kier alpha value is -2.28. The van der Waals surface area contributed by atoms with Crippen LogP contribution in [0.2, 0.25) is 0 Å². The first kappa shape index (κ1) is 21.0. The van der Waals surface area contributed by atoms with Crippen molar-refractivity contribution >= 4 is 10.0 Å². The van der Waals surface area contributed by atoms with E-state index in [2.05, 4.69) is 14.9 Å². The van der Waals surface area contributed by atoms with Crippen molar-refractivity contribution in [3.05, 3.63) is 24.2 Å². The van der Waals surface area contributed by atoms with Crippen LogP contribution in [0.1, 0.15) is 19.5 Å². The van der Waals surface area contributed by atoms with Crippen molar-refractivity contribution in [1.29, 1.82) is 0 Å². The summed E-state index contributed by atoms with van der Waals surface area (Å²) in [5, 5.41) is 7.71. The minimum absolute atomic E-state index is 0.00692. The molecule has 0 amide bonds. The van der Waals surface area contributed by atoms with Crippen molar-refractivity contribution in [1.82, 2.24) is 24.4 Å². The SMILES string of the molecule is Cc1nn(C)cc1S(=O)(=O)NCOn1ccc(OCC(C)(C)C(F)(F)F)n1. The average molecular weight is 411 g/mol. The molecule has 2 rings (SSSR count). The van der Waals surface area contributed by atoms with Crippen molar-refractivity contribution in [3.63, 3.8) is 0 Å². The summed E-state index contributed by atoms with van der Waals surface area (Å²) >= 11 is 0. The number of rotatable bonds is 8. The van der Waals surface area contributed by atoms with Gasteiger partial charge in [0.25, 0.3) is 0 Å². The standard InChI is InChI=1S/C14H20F3N5O4S/c1-10-11(7-21(4)19-10)27(23,24)18-9-26-22-6-5-12(20-22)25-8-13(2,3)14(15,16)17/h5-7,18H,8-9H2,1-4H3. The Kier molecular flexibility index (Phi) is 5.75. The number of halogens is 3. The second kappa shape index (κ2) is 7.38. The Labute approximate surface area is 154 Å². The highest BCUT2D eigenvalue weighted by atomic mass is 32.2. The number of hydrogen-bond acceptors (Lipinski definition) is 6. The van der Waals surface area contributed by atoms with E-state index in [4.69, 9.17) is 9.57 Å². The molecule has 0 aliphatic carbocycles. The van der Waals surface area contributed by atoms with Gasteiger partial charge in [-0.1, -0.05) is 5.10 Å². The molecule has 0 saturated carbocycles. The number of ether oxygens (including phenoxy) is 1. The van der Waals surface area contributed by atoms with Gasteiger partial charge in [0, 0.05) is 19.3 Å².